The summed E-state index contributed by atoms with van der Waals surface area (Å²) in [4.78, 5) is 0. The predicted molar refractivity (Wildman–Crippen MR) is 96.3 cm³/mol. The first-order valence-electron chi connectivity index (χ1n) is 7.55. The van der Waals surface area contributed by atoms with Gasteiger partial charge in [0, 0.05) is 28.6 Å². The number of nitrogens with zero attached hydrogens (tertiary/aromatic N) is 2. The summed E-state index contributed by atoms with van der Waals surface area (Å²) in [6.45, 7) is 2.75. The van der Waals surface area contributed by atoms with Crippen molar-refractivity contribution < 1.29 is 4.74 Å². The number of rotatable bonds is 2. The lowest BCUT2D eigenvalue weighted by molar-refractivity contribution is 0.415. The maximum atomic E-state index is 9.61. The zero-order valence-corrected chi connectivity index (χ0v) is 14.2. The fourth-order valence-electron chi connectivity index (χ4n) is 2.69. The van der Waals surface area contributed by atoms with Crippen LogP contribution >= 0.6 is 11.6 Å². The topological polar surface area (TPSA) is 38.0 Å². The smallest absolute Gasteiger partial charge is 0.120 e. The molecule has 0 saturated carbocycles. The second-order valence-corrected chi connectivity index (χ2v) is 5.66. The van der Waals surface area contributed by atoms with Crippen LogP contribution in [0.15, 0.2) is 42.5 Å². The van der Waals surface area contributed by atoms with Gasteiger partial charge in [-0.2, -0.15) is 5.26 Å². The van der Waals surface area contributed by atoms with Crippen molar-refractivity contribution in [3.63, 3.8) is 0 Å². The Morgan fingerprint density at radius 3 is 2.50 bits per heavy atom. The molecular weight excluding hydrogens is 320 g/mol. The first-order chi connectivity index (χ1) is 11.7. The summed E-state index contributed by atoms with van der Waals surface area (Å²) in [5.74, 6) is 7.03. The maximum absolute atomic E-state index is 9.61. The van der Waals surface area contributed by atoms with E-state index in [0.717, 1.165) is 34.5 Å². The molecule has 0 spiro atoms. The van der Waals surface area contributed by atoms with Gasteiger partial charge in [0.15, 0.2) is 0 Å². The molecule has 0 bridgehead atoms. The third-order valence-corrected chi connectivity index (χ3v) is 4.12. The van der Waals surface area contributed by atoms with Gasteiger partial charge in [-0.25, -0.2) is 0 Å². The van der Waals surface area contributed by atoms with E-state index < -0.39 is 0 Å². The summed E-state index contributed by atoms with van der Waals surface area (Å²) in [7, 11) is 1.63. The molecule has 1 heterocycles. The number of nitriles is 1. The largest absolute Gasteiger partial charge is 0.497 e. The molecule has 118 valence electrons. The maximum Gasteiger partial charge on any atom is 0.120 e. The molecule has 0 fully saturated rings. The van der Waals surface area contributed by atoms with Gasteiger partial charge >= 0.3 is 0 Å². The Bertz CT molecular complexity index is 999. The molecule has 0 aliphatic carbocycles. The van der Waals surface area contributed by atoms with E-state index in [1.807, 2.05) is 41.8 Å². The number of halogens is 1. The highest BCUT2D eigenvalue weighted by Gasteiger charge is 2.15. The van der Waals surface area contributed by atoms with Crippen molar-refractivity contribution in [2.24, 2.45) is 0 Å². The number of aryl methyl sites for hydroxylation is 1. The molecule has 0 radical (unpaired) electrons. The normalized spacial score (nSPS) is 10.1. The lowest BCUT2D eigenvalue weighted by atomic mass is 10.1. The van der Waals surface area contributed by atoms with Gasteiger partial charge in [-0.15, -0.1) is 0 Å². The van der Waals surface area contributed by atoms with E-state index >= 15 is 0 Å². The highest BCUT2D eigenvalue weighted by atomic mass is 35.5. The molecule has 2 aromatic carbocycles. The average Bonchev–Trinajstić information content (AvgIpc) is 2.92. The number of ether oxygens (including phenoxy) is 1. The second-order valence-electron chi connectivity index (χ2n) is 5.22. The van der Waals surface area contributed by atoms with Crippen molar-refractivity contribution in [2.75, 3.05) is 7.11 Å². The highest BCUT2D eigenvalue weighted by Crippen LogP contribution is 2.28. The monoisotopic (exact) mass is 334 g/mol. The second kappa shape index (κ2) is 6.71. The number of methoxy groups -OCH3 is 1. The van der Waals surface area contributed by atoms with Crippen molar-refractivity contribution in [2.45, 2.75) is 13.5 Å². The van der Waals surface area contributed by atoms with E-state index in [2.05, 4.69) is 17.9 Å². The third-order valence-electron chi connectivity index (χ3n) is 3.87. The number of hydrogen-bond acceptors (Lipinski definition) is 2. The van der Waals surface area contributed by atoms with Crippen molar-refractivity contribution in [1.29, 1.82) is 5.26 Å². The molecule has 0 amide bonds. The van der Waals surface area contributed by atoms with Gasteiger partial charge in [-0.3, -0.25) is 0 Å². The molecule has 0 unspecified atom stereocenters. The average molecular weight is 335 g/mol. The number of aromatic nitrogens is 1. The zero-order valence-electron chi connectivity index (χ0n) is 13.4. The summed E-state index contributed by atoms with van der Waals surface area (Å²) in [5, 5.41) is 11.2. The van der Waals surface area contributed by atoms with Gasteiger partial charge in [-0.05, 0) is 49.2 Å². The van der Waals surface area contributed by atoms with E-state index in [1.165, 1.54) is 0 Å². The number of fused-ring (bicyclic) bond motifs is 1. The molecule has 1 aromatic heterocycles. The van der Waals surface area contributed by atoms with Crippen LogP contribution in [0.25, 0.3) is 10.9 Å². The first-order valence-corrected chi connectivity index (χ1v) is 7.93. The van der Waals surface area contributed by atoms with Gasteiger partial charge in [0.1, 0.15) is 17.5 Å². The molecule has 0 aliphatic rings. The summed E-state index contributed by atoms with van der Waals surface area (Å²) in [6, 6.07) is 15.3. The Labute approximate surface area is 146 Å². The number of hydrogen-bond donors (Lipinski definition) is 0. The Kier molecular flexibility index (Phi) is 4.47. The molecule has 3 rings (SSSR count). The SMILES string of the molecule is CCn1c(C#Cc2ccc(Cl)cc2)c(C#N)c2ccc(OC)cc21. The van der Waals surface area contributed by atoms with Crippen molar-refractivity contribution in [3.05, 3.63) is 64.3 Å². The molecule has 3 aromatic rings. The van der Waals surface area contributed by atoms with Crippen molar-refractivity contribution in [3.8, 4) is 23.7 Å². The Morgan fingerprint density at radius 1 is 1.12 bits per heavy atom. The minimum absolute atomic E-state index is 0.593. The highest BCUT2D eigenvalue weighted by molar-refractivity contribution is 6.30. The Morgan fingerprint density at radius 2 is 1.88 bits per heavy atom. The number of benzene rings is 2. The van der Waals surface area contributed by atoms with Crippen LogP contribution in [0.5, 0.6) is 5.75 Å². The summed E-state index contributed by atoms with van der Waals surface area (Å²) in [5.41, 5.74) is 3.12. The van der Waals surface area contributed by atoms with E-state index in [9.17, 15) is 5.26 Å². The molecule has 0 atom stereocenters. The standard InChI is InChI=1S/C20H15ClN2O/c1-3-23-19(11-6-14-4-7-15(21)8-5-14)18(13-22)17-10-9-16(24-2)12-20(17)23/h4-5,7-10,12H,3H2,1-2H3. The minimum Gasteiger partial charge on any atom is -0.497 e. The zero-order chi connectivity index (χ0) is 17.1. The van der Waals surface area contributed by atoms with E-state index in [1.54, 1.807) is 19.2 Å². The van der Waals surface area contributed by atoms with Gasteiger partial charge < -0.3 is 9.30 Å². The van der Waals surface area contributed by atoms with E-state index in [0.29, 0.717) is 10.6 Å². The summed E-state index contributed by atoms with van der Waals surface area (Å²) < 4.78 is 7.34. The van der Waals surface area contributed by atoms with Crippen LogP contribution in [0.4, 0.5) is 0 Å². The molecule has 4 heteroatoms. The van der Waals surface area contributed by atoms with Crippen LogP contribution in [-0.2, 0) is 6.54 Å². The predicted octanol–water partition coefficient (Wildman–Crippen LogP) is 4.59. The van der Waals surface area contributed by atoms with E-state index in [4.69, 9.17) is 16.3 Å². The Hall–Kier alpha value is -2.88. The van der Waals surface area contributed by atoms with Gasteiger partial charge in [0.25, 0.3) is 0 Å². The quantitative estimate of drug-likeness (QED) is 0.643. The molecule has 0 saturated heterocycles. The molecule has 24 heavy (non-hydrogen) atoms. The van der Waals surface area contributed by atoms with Crippen LogP contribution in [0.2, 0.25) is 5.02 Å². The lowest BCUT2D eigenvalue weighted by Crippen LogP contribution is -1.98. The van der Waals surface area contributed by atoms with Crippen LogP contribution < -0.4 is 4.74 Å². The van der Waals surface area contributed by atoms with Crippen molar-refractivity contribution >= 4 is 22.5 Å². The van der Waals surface area contributed by atoms with Gasteiger partial charge in [0.2, 0.25) is 0 Å². The molecule has 0 N–H and O–H groups in total. The van der Waals surface area contributed by atoms with Crippen LogP contribution in [-0.4, -0.2) is 11.7 Å². The third kappa shape index (κ3) is 2.83. The van der Waals surface area contributed by atoms with Gasteiger partial charge in [0.05, 0.1) is 18.2 Å². The first kappa shape index (κ1) is 16.0. The molecule has 3 nitrogen and oxygen atoms in total. The van der Waals surface area contributed by atoms with Crippen molar-refractivity contribution in [1.82, 2.24) is 4.57 Å². The molecular formula is C20H15ClN2O. The fraction of sp³-hybridized carbons (Fsp3) is 0.150. The Balaban J connectivity index is 2.20. The fourth-order valence-corrected chi connectivity index (χ4v) is 2.82. The van der Waals surface area contributed by atoms with Crippen LogP contribution in [0.3, 0.4) is 0 Å². The van der Waals surface area contributed by atoms with E-state index in [-0.39, 0.29) is 0 Å². The van der Waals surface area contributed by atoms with Crippen LogP contribution in [0, 0.1) is 23.2 Å². The minimum atomic E-state index is 0.593. The molecule has 0 aliphatic heterocycles. The summed E-state index contributed by atoms with van der Waals surface area (Å²) in [6.07, 6.45) is 0. The van der Waals surface area contributed by atoms with Crippen LogP contribution in [0.1, 0.15) is 23.7 Å². The lowest BCUT2D eigenvalue weighted by Gasteiger charge is -2.04. The van der Waals surface area contributed by atoms with Gasteiger partial charge in [-0.1, -0.05) is 17.5 Å². The summed E-state index contributed by atoms with van der Waals surface area (Å²) >= 11 is 5.90.